The number of piperazine rings is 1. The number of anilines is 1. The second-order valence-electron chi connectivity index (χ2n) is 11.7. The average Bonchev–Trinajstić information content (AvgIpc) is 3.29. The van der Waals surface area contributed by atoms with E-state index in [2.05, 4.69) is 39.1 Å². The molecule has 4 heterocycles. The van der Waals surface area contributed by atoms with Crippen LogP contribution >= 0.6 is 0 Å². The first-order chi connectivity index (χ1) is 18.6. The van der Waals surface area contributed by atoms with E-state index < -0.39 is 0 Å². The zero-order valence-corrected chi connectivity index (χ0v) is 23.3. The maximum Gasteiger partial charge on any atom is 0.255 e. The summed E-state index contributed by atoms with van der Waals surface area (Å²) in [6.45, 7) is 14.7. The number of nitrogens with zero attached hydrogens (tertiary/aromatic N) is 4. The predicted molar refractivity (Wildman–Crippen MR) is 151 cm³/mol. The van der Waals surface area contributed by atoms with Crippen LogP contribution in [0.5, 0.6) is 0 Å². The number of nitrogens with one attached hydrogen (secondary N) is 1. The Morgan fingerprint density at radius 3 is 2.47 bits per heavy atom. The fraction of sp³-hybridized carbons (Fsp3) is 0.733. The minimum Gasteiger partial charge on any atom is -0.377 e. The minimum atomic E-state index is -0.311. The molecule has 8 heteroatoms. The van der Waals surface area contributed by atoms with Crippen molar-refractivity contribution < 1.29 is 14.3 Å². The quantitative estimate of drug-likeness (QED) is 0.446. The van der Waals surface area contributed by atoms with Crippen molar-refractivity contribution in [3.63, 3.8) is 0 Å². The van der Waals surface area contributed by atoms with Gasteiger partial charge in [0.2, 0.25) is 0 Å². The average molecular weight is 526 g/mol. The second-order valence-corrected chi connectivity index (χ2v) is 11.7. The van der Waals surface area contributed by atoms with Crippen molar-refractivity contribution >= 4 is 17.9 Å². The van der Waals surface area contributed by atoms with E-state index in [0.29, 0.717) is 12.6 Å². The van der Waals surface area contributed by atoms with Crippen LogP contribution in [0, 0.1) is 5.92 Å². The molecule has 1 aromatic carbocycles. The molecule has 3 saturated heterocycles. The first-order valence-electron chi connectivity index (χ1n) is 15.1. The minimum absolute atomic E-state index is 0.00482. The summed E-state index contributed by atoms with van der Waals surface area (Å²) in [5.74, 6) is 0.764. The van der Waals surface area contributed by atoms with Crippen molar-refractivity contribution in [2.75, 3.05) is 77.0 Å². The number of carbonyl (C=O) groups excluding carboxylic acids is 2. The van der Waals surface area contributed by atoms with Crippen molar-refractivity contribution in [2.45, 2.75) is 64.1 Å². The first-order valence-corrected chi connectivity index (χ1v) is 15.1. The lowest BCUT2D eigenvalue weighted by molar-refractivity contribution is -0.112. The number of hydrogen-bond acceptors (Lipinski definition) is 7. The Morgan fingerprint density at radius 1 is 1.03 bits per heavy atom. The van der Waals surface area contributed by atoms with Crippen molar-refractivity contribution in [1.29, 1.82) is 0 Å². The number of aldehydes is 1. The van der Waals surface area contributed by atoms with Gasteiger partial charge in [-0.3, -0.25) is 9.69 Å². The van der Waals surface area contributed by atoms with E-state index in [4.69, 9.17) is 4.74 Å². The van der Waals surface area contributed by atoms with E-state index in [1.807, 2.05) is 6.07 Å². The molecule has 0 aliphatic carbocycles. The third kappa shape index (κ3) is 6.76. The van der Waals surface area contributed by atoms with Crippen LogP contribution in [0.15, 0.2) is 18.2 Å². The third-order valence-corrected chi connectivity index (χ3v) is 9.07. The number of benzene rings is 1. The molecule has 1 N–H and O–H groups in total. The highest BCUT2D eigenvalue weighted by Crippen LogP contribution is 2.31. The van der Waals surface area contributed by atoms with E-state index >= 15 is 0 Å². The number of fused-ring (bicyclic) bond motifs is 1. The second kappa shape index (κ2) is 13.4. The summed E-state index contributed by atoms with van der Waals surface area (Å²) < 4.78 is 6.11. The number of carbonyl (C=O) groups is 2. The molecule has 1 amide bonds. The number of piperidine rings is 2. The van der Waals surface area contributed by atoms with Gasteiger partial charge in [0.25, 0.3) is 5.91 Å². The van der Waals surface area contributed by atoms with Gasteiger partial charge in [-0.25, -0.2) is 0 Å². The molecule has 5 rings (SSSR count). The van der Waals surface area contributed by atoms with Crippen LogP contribution in [0.25, 0.3) is 0 Å². The van der Waals surface area contributed by atoms with Crippen LogP contribution in [-0.2, 0) is 16.1 Å². The maximum absolute atomic E-state index is 12.9. The van der Waals surface area contributed by atoms with E-state index in [1.54, 1.807) is 4.90 Å². The largest absolute Gasteiger partial charge is 0.377 e. The van der Waals surface area contributed by atoms with Crippen LogP contribution in [0.3, 0.4) is 0 Å². The normalized spacial score (nSPS) is 23.1. The number of rotatable bonds is 11. The molecular formula is C30H47N5O3. The van der Waals surface area contributed by atoms with Crippen LogP contribution in [-0.4, -0.2) is 111 Å². The Labute approximate surface area is 228 Å². The van der Waals surface area contributed by atoms with Gasteiger partial charge in [-0.1, -0.05) is 13.3 Å². The van der Waals surface area contributed by atoms with Crippen LogP contribution in [0.2, 0.25) is 0 Å². The summed E-state index contributed by atoms with van der Waals surface area (Å²) in [6.07, 6.45) is 7.75. The maximum atomic E-state index is 12.9. The third-order valence-electron chi connectivity index (χ3n) is 9.07. The lowest BCUT2D eigenvalue weighted by atomic mass is 9.95. The Balaban J connectivity index is 1.02. The van der Waals surface area contributed by atoms with Gasteiger partial charge in [-0.2, -0.15) is 0 Å². The summed E-state index contributed by atoms with van der Waals surface area (Å²) in [5.41, 5.74) is 3.05. The molecule has 210 valence electrons. The van der Waals surface area contributed by atoms with Gasteiger partial charge in [-0.15, -0.1) is 0 Å². The summed E-state index contributed by atoms with van der Waals surface area (Å²) in [7, 11) is 0. The molecule has 0 spiro atoms. The zero-order chi connectivity index (χ0) is 26.3. The van der Waals surface area contributed by atoms with Crippen molar-refractivity contribution in [1.82, 2.24) is 20.0 Å². The Bertz CT molecular complexity index is 920. The Kier molecular flexibility index (Phi) is 9.70. The molecule has 38 heavy (non-hydrogen) atoms. The van der Waals surface area contributed by atoms with Crippen LogP contribution in [0.4, 0.5) is 5.69 Å². The number of hydrogen-bond donors (Lipinski definition) is 1. The van der Waals surface area contributed by atoms with Gasteiger partial charge < -0.3 is 29.5 Å². The SMILES string of the molecule is CCCC(C=O)N1Cc2cc(N3CCC(CN4CCN(CCOC5CCNCC5)CC4)CC3)ccc2C1=O. The lowest BCUT2D eigenvalue weighted by Gasteiger charge is -2.39. The fourth-order valence-corrected chi connectivity index (χ4v) is 6.63. The van der Waals surface area contributed by atoms with Gasteiger partial charge in [0.05, 0.1) is 18.8 Å². The Morgan fingerprint density at radius 2 is 1.76 bits per heavy atom. The zero-order valence-electron chi connectivity index (χ0n) is 23.3. The molecule has 1 aromatic rings. The highest BCUT2D eigenvalue weighted by Gasteiger charge is 2.33. The fourth-order valence-electron chi connectivity index (χ4n) is 6.63. The first kappa shape index (κ1) is 27.6. The standard InChI is InChI=1S/C30H47N5O3/c1-2-3-27(23-36)35-22-25-20-26(4-5-29(25)30(35)37)34-12-8-24(9-13-34)21-33-16-14-32(15-17-33)18-19-38-28-6-10-31-11-7-28/h4-5,20,23-24,27-28,31H,2-3,6-19,21-22H2,1H3. The monoisotopic (exact) mass is 525 g/mol. The molecule has 0 saturated carbocycles. The van der Waals surface area contributed by atoms with Crippen molar-refractivity contribution in [2.24, 2.45) is 5.92 Å². The molecule has 4 aliphatic heterocycles. The summed E-state index contributed by atoms with van der Waals surface area (Å²) in [5, 5.41) is 3.40. The summed E-state index contributed by atoms with van der Waals surface area (Å²) in [6, 6.07) is 5.96. The molecule has 0 radical (unpaired) electrons. The molecule has 3 fully saturated rings. The molecule has 0 aromatic heterocycles. The van der Waals surface area contributed by atoms with Crippen molar-refractivity contribution in [3.8, 4) is 0 Å². The van der Waals surface area contributed by atoms with Gasteiger partial charge in [-0.05, 0) is 74.9 Å². The topological polar surface area (TPSA) is 68.4 Å². The van der Waals surface area contributed by atoms with Crippen LogP contribution in [0.1, 0.15) is 61.4 Å². The summed E-state index contributed by atoms with van der Waals surface area (Å²) in [4.78, 5) is 33.9. The molecule has 8 nitrogen and oxygen atoms in total. The lowest BCUT2D eigenvalue weighted by Crippen LogP contribution is -2.49. The molecule has 1 unspecified atom stereocenters. The van der Waals surface area contributed by atoms with Gasteiger partial charge >= 0.3 is 0 Å². The molecular weight excluding hydrogens is 478 g/mol. The van der Waals surface area contributed by atoms with Crippen molar-refractivity contribution in [3.05, 3.63) is 29.3 Å². The van der Waals surface area contributed by atoms with E-state index in [0.717, 1.165) is 101 Å². The van der Waals surface area contributed by atoms with Crippen LogP contribution < -0.4 is 10.2 Å². The summed E-state index contributed by atoms with van der Waals surface area (Å²) >= 11 is 0. The number of ether oxygens (including phenoxy) is 1. The molecule has 1 atom stereocenters. The van der Waals surface area contributed by atoms with E-state index in [1.165, 1.54) is 38.2 Å². The highest BCUT2D eigenvalue weighted by atomic mass is 16.5. The predicted octanol–water partition coefficient (Wildman–Crippen LogP) is 2.61. The number of amides is 1. The van der Waals surface area contributed by atoms with E-state index in [-0.39, 0.29) is 11.9 Å². The van der Waals surface area contributed by atoms with Gasteiger partial charge in [0.15, 0.2) is 0 Å². The molecule has 4 aliphatic rings. The van der Waals surface area contributed by atoms with Gasteiger partial charge in [0.1, 0.15) is 6.29 Å². The van der Waals surface area contributed by atoms with Gasteiger partial charge in [0, 0.05) is 70.2 Å². The highest BCUT2D eigenvalue weighted by molar-refractivity contribution is 6.00. The van der Waals surface area contributed by atoms with E-state index in [9.17, 15) is 9.59 Å². The smallest absolute Gasteiger partial charge is 0.255 e. The molecule has 0 bridgehead atoms. The Hall–Kier alpha value is -2.00.